The molecule has 0 fully saturated rings. The minimum absolute atomic E-state index is 0.0363. The minimum Gasteiger partial charge on any atom is -0.383 e. The molecule has 1 aromatic rings. The van der Waals surface area contributed by atoms with Gasteiger partial charge in [-0.1, -0.05) is 0 Å². The number of hydrogen-bond acceptors (Lipinski definition) is 4. The Kier molecular flexibility index (Phi) is 6.85. The lowest BCUT2D eigenvalue weighted by atomic mass is 10.2. The number of nitrogens with zero attached hydrogens (tertiary/aromatic N) is 1. The molecule has 0 bridgehead atoms. The molecule has 0 aliphatic rings. The van der Waals surface area contributed by atoms with E-state index in [0.29, 0.717) is 0 Å². The number of carbonyl (C=O) groups excluding carboxylic acids is 1. The van der Waals surface area contributed by atoms with Crippen LogP contribution in [-0.4, -0.2) is 58.2 Å². The van der Waals surface area contributed by atoms with Crippen molar-refractivity contribution in [2.75, 3.05) is 39.6 Å². The Balaban J connectivity index is 2.57. The SMILES string of the molecule is COCCN(CCNC(=O)c1ccc(F)c(F)c1)S(C)(=O)=O. The molecule has 124 valence electrons. The molecular formula is C13H18F2N2O4S. The van der Waals surface area contributed by atoms with Gasteiger partial charge < -0.3 is 10.1 Å². The molecule has 0 saturated heterocycles. The lowest BCUT2D eigenvalue weighted by Gasteiger charge is -2.19. The normalized spacial score (nSPS) is 11.7. The highest BCUT2D eigenvalue weighted by molar-refractivity contribution is 7.88. The van der Waals surface area contributed by atoms with Gasteiger partial charge in [-0.2, -0.15) is 4.31 Å². The Morgan fingerprint density at radius 2 is 1.95 bits per heavy atom. The molecule has 0 aromatic heterocycles. The summed E-state index contributed by atoms with van der Waals surface area (Å²) in [5.41, 5.74) is -0.0401. The molecule has 0 radical (unpaired) electrons. The van der Waals surface area contributed by atoms with Crippen LogP contribution in [0.15, 0.2) is 18.2 Å². The fourth-order valence-corrected chi connectivity index (χ4v) is 2.50. The van der Waals surface area contributed by atoms with Crippen LogP contribution in [0.3, 0.4) is 0 Å². The van der Waals surface area contributed by atoms with Crippen molar-refractivity contribution in [3.63, 3.8) is 0 Å². The number of nitrogens with one attached hydrogen (secondary N) is 1. The Morgan fingerprint density at radius 3 is 2.50 bits per heavy atom. The number of benzene rings is 1. The van der Waals surface area contributed by atoms with E-state index in [1.165, 1.54) is 7.11 Å². The van der Waals surface area contributed by atoms with E-state index in [0.717, 1.165) is 28.8 Å². The van der Waals surface area contributed by atoms with Gasteiger partial charge in [-0.15, -0.1) is 0 Å². The zero-order chi connectivity index (χ0) is 16.8. The summed E-state index contributed by atoms with van der Waals surface area (Å²) >= 11 is 0. The fourth-order valence-electron chi connectivity index (χ4n) is 1.67. The number of sulfonamides is 1. The highest BCUT2D eigenvalue weighted by Crippen LogP contribution is 2.08. The van der Waals surface area contributed by atoms with Crippen molar-refractivity contribution in [1.82, 2.24) is 9.62 Å². The fraction of sp³-hybridized carbons (Fsp3) is 0.462. The van der Waals surface area contributed by atoms with Crippen molar-refractivity contribution >= 4 is 15.9 Å². The molecule has 1 N–H and O–H groups in total. The monoisotopic (exact) mass is 336 g/mol. The second kappa shape index (κ2) is 8.16. The van der Waals surface area contributed by atoms with Crippen LogP contribution in [0.25, 0.3) is 0 Å². The van der Waals surface area contributed by atoms with Crippen molar-refractivity contribution in [3.8, 4) is 0 Å². The molecule has 1 aromatic carbocycles. The Labute approximate surface area is 128 Å². The number of halogens is 2. The summed E-state index contributed by atoms with van der Waals surface area (Å²) in [7, 11) is -1.97. The average Bonchev–Trinajstić information content (AvgIpc) is 2.44. The number of ether oxygens (including phenoxy) is 1. The topological polar surface area (TPSA) is 75.7 Å². The zero-order valence-corrected chi connectivity index (χ0v) is 13.1. The molecule has 22 heavy (non-hydrogen) atoms. The van der Waals surface area contributed by atoms with Gasteiger partial charge in [-0.25, -0.2) is 17.2 Å². The van der Waals surface area contributed by atoms with Gasteiger partial charge in [0.15, 0.2) is 11.6 Å². The van der Waals surface area contributed by atoms with E-state index < -0.39 is 27.6 Å². The quantitative estimate of drug-likeness (QED) is 0.754. The van der Waals surface area contributed by atoms with Gasteiger partial charge in [-0.05, 0) is 18.2 Å². The summed E-state index contributed by atoms with van der Waals surface area (Å²) in [6.45, 7) is 0.479. The first-order valence-corrected chi connectivity index (χ1v) is 8.28. The van der Waals surface area contributed by atoms with Crippen LogP contribution in [-0.2, 0) is 14.8 Å². The first-order chi connectivity index (χ1) is 10.3. The molecule has 6 nitrogen and oxygen atoms in total. The van der Waals surface area contributed by atoms with Crippen LogP contribution in [0.5, 0.6) is 0 Å². The maximum Gasteiger partial charge on any atom is 0.251 e. The maximum atomic E-state index is 13.0. The zero-order valence-electron chi connectivity index (χ0n) is 12.3. The summed E-state index contributed by atoms with van der Waals surface area (Å²) in [4.78, 5) is 11.8. The largest absolute Gasteiger partial charge is 0.383 e. The number of methoxy groups -OCH3 is 1. The van der Waals surface area contributed by atoms with Crippen molar-refractivity contribution in [2.24, 2.45) is 0 Å². The summed E-state index contributed by atoms with van der Waals surface area (Å²) < 4.78 is 54.8. The average molecular weight is 336 g/mol. The van der Waals surface area contributed by atoms with E-state index in [2.05, 4.69) is 5.32 Å². The summed E-state index contributed by atoms with van der Waals surface area (Å²) in [5, 5.41) is 2.45. The summed E-state index contributed by atoms with van der Waals surface area (Å²) in [6, 6.07) is 2.78. The predicted octanol–water partition coefficient (Wildman–Crippen LogP) is 0.603. The molecule has 0 unspecified atom stereocenters. The molecular weight excluding hydrogens is 318 g/mol. The molecule has 0 aliphatic heterocycles. The standard InChI is InChI=1S/C13H18F2N2O4S/c1-21-8-7-17(22(2,19)20)6-5-16-13(18)10-3-4-11(14)12(15)9-10/h3-4,9H,5-8H2,1-2H3,(H,16,18). The van der Waals surface area contributed by atoms with Crippen molar-refractivity contribution < 1.29 is 26.7 Å². The molecule has 0 atom stereocenters. The Hall–Kier alpha value is -1.58. The van der Waals surface area contributed by atoms with E-state index in [9.17, 15) is 22.0 Å². The third kappa shape index (κ3) is 5.66. The molecule has 0 spiro atoms. The third-order valence-corrected chi connectivity index (χ3v) is 4.15. The highest BCUT2D eigenvalue weighted by Gasteiger charge is 2.16. The van der Waals surface area contributed by atoms with Gasteiger partial charge in [0.25, 0.3) is 5.91 Å². The molecule has 9 heteroatoms. The van der Waals surface area contributed by atoms with Crippen LogP contribution < -0.4 is 5.32 Å². The first kappa shape index (κ1) is 18.5. The molecule has 0 aliphatic carbocycles. The lowest BCUT2D eigenvalue weighted by Crippen LogP contribution is -2.39. The number of hydrogen-bond donors (Lipinski definition) is 1. The summed E-state index contributed by atoms with van der Waals surface area (Å²) in [6.07, 6.45) is 1.06. The minimum atomic E-state index is -3.42. The second-order valence-electron chi connectivity index (χ2n) is 4.54. The van der Waals surface area contributed by atoms with Crippen LogP contribution in [0, 0.1) is 11.6 Å². The van der Waals surface area contributed by atoms with Gasteiger partial charge in [-0.3, -0.25) is 4.79 Å². The van der Waals surface area contributed by atoms with Crippen LogP contribution >= 0.6 is 0 Å². The van der Waals surface area contributed by atoms with E-state index in [1.54, 1.807) is 0 Å². The molecule has 0 heterocycles. The van der Waals surface area contributed by atoms with Gasteiger partial charge in [0.2, 0.25) is 10.0 Å². The smallest absolute Gasteiger partial charge is 0.251 e. The van der Waals surface area contributed by atoms with E-state index in [-0.39, 0.29) is 31.8 Å². The Bertz CT molecular complexity index is 622. The lowest BCUT2D eigenvalue weighted by molar-refractivity contribution is 0.0950. The molecule has 1 amide bonds. The van der Waals surface area contributed by atoms with E-state index in [4.69, 9.17) is 4.74 Å². The van der Waals surface area contributed by atoms with Crippen molar-refractivity contribution in [3.05, 3.63) is 35.4 Å². The van der Waals surface area contributed by atoms with Crippen LogP contribution in [0.2, 0.25) is 0 Å². The third-order valence-electron chi connectivity index (χ3n) is 2.84. The van der Waals surface area contributed by atoms with Gasteiger partial charge in [0.05, 0.1) is 12.9 Å². The highest BCUT2D eigenvalue weighted by atomic mass is 32.2. The maximum absolute atomic E-state index is 13.0. The number of rotatable bonds is 8. The van der Waals surface area contributed by atoms with Gasteiger partial charge in [0.1, 0.15) is 0 Å². The van der Waals surface area contributed by atoms with Crippen LogP contribution in [0.1, 0.15) is 10.4 Å². The van der Waals surface area contributed by atoms with Crippen molar-refractivity contribution in [2.45, 2.75) is 0 Å². The predicted molar refractivity (Wildman–Crippen MR) is 77.0 cm³/mol. The number of amides is 1. The van der Waals surface area contributed by atoms with Gasteiger partial charge >= 0.3 is 0 Å². The molecule has 0 saturated carbocycles. The van der Waals surface area contributed by atoms with Crippen LogP contribution in [0.4, 0.5) is 8.78 Å². The van der Waals surface area contributed by atoms with Crippen molar-refractivity contribution in [1.29, 1.82) is 0 Å². The first-order valence-electron chi connectivity index (χ1n) is 6.43. The van der Waals surface area contributed by atoms with E-state index >= 15 is 0 Å². The molecule has 1 rings (SSSR count). The Morgan fingerprint density at radius 1 is 1.27 bits per heavy atom. The summed E-state index contributed by atoms with van der Waals surface area (Å²) in [5.74, 6) is -2.77. The number of carbonyl (C=O) groups is 1. The van der Waals surface area contributed by atoms with E-state index in [1.807, 2.05) is 0 Å². The van der Waals surface area contributed by atoms with Gasteiger partial charge in [0, 0.05) is 32.3 Å². The second-order valence-corrected chi connectivity index (χ2v) is 6.52.